The van der Waals surface area contributed by atoms with Gasteiger partial charge in [0.25, 0.3) is 0 Å². The van der Waals surface area contributed by atoms with E-state index in [1.165, 1.54) is 17.2 Å². The van der Waals surface area contributed by atoms with Gasteiger partial charge in [-0.15, -0.1) is 0 Å². The lowest BCUT2D eigenvalue weighted by molar-refractivity contribution is 0.265. The summed E-state index contributed by atoms with van der Waals surface area (Å²) in [6.07, 6.45) is 5.58. The highest BCUT2D eigenvalue weighted by molar-refractivity contribution is 5.77. The van der Waals surface area contributed by atoms with Gasteiger partial charge >= 0.3 is 5.63 Å². The number of hydrogen-bond donors (Lipinski definition) is 0. The number of unbranched alkanes of at least 4 members (excludes halogenated alkanes) is 1. The highest BCUT2D eigenvalue weighted by Gasteiger charge is 2.12. The van der Waals surface area contributed by atoms with Crippen LogP contribution in [0.3, 0.4) is 0 Å². The summed E-state index contributed by atoms with van der Waals surface area (Å²) in [6.45, 7) is 3.90. The Bertz CT molecular complexity index is 1010. The van der Waals surface area contributed by atoms with Crippen LogP contribution in [0.2, 0.25) is 0 Å². The zero-order valence-electron chi connectivity index (χ0n) is 16.0. The average Bonchev–Trinajstić information content (AvgIpc) is 2.74. The van der Waals surface area contributed by atoms with E-state index in [1.807, 2.05) is 12.1 Å². The lowest BCUT2D eigenvalue weighted by Crippen LogP contribution is -2.29. The topological polar surface area (TPSA) is 42.7 Å². The Morgan fingerprint density at radius 3 is 2.68 bits per heavy atom. The molecule has 0 fully saturated rings. The molecule has 4 nitrogen and oxygen atoms in total. The second-order valence-corrected chi connectivity index (χ2v) is 7.16. The minimum absolute atomic E-state index is 0.337. The maximum absolute atomic E-state index is 11.3. The SMILES string of the molecule is O=c1ccc2ccc(OCCCCN3CC=C(c4ccccc4)CC3)cc2o1. The van der Waals surface area contributed by atoms with Gasteiger partial charge in [0.2, 0.25) is 0 Å². The predicted octanol–water partition coefficient (Wildman–Crippen LogP) is 4.74. The van der Waals surface area contributed by atoms with E-state index in [4.69, 9.17) is 9.15 Å². The van der Waals surface area contributed by atoms with E-state index in [-0.39, 0.29) is 5.63 Å². The number of hydrogen-bond acceptors (Lipinski definition) is 4. The molecule has 0 unspecified atom stereocenters. The molecule has 0 aliphatic carbocycles. The van der Waals surface area contributed by atoms with Gasteiger partial charge in [-0.2, -0.15) is 0 Å². The van der Waals surface area contributed by atoms with E-state index >= 15 is 0 Å². The molecule has 1 aliphatic heterocycles. The van der Waals surface area contributed by atoms with Gasteiger partial charge < -0.3 is 9.15 Å². The highest BCUT2D eigenvalue weighted by atomic mass is 16.5. The quantitative estimate of drug-likeness (QED) is 0.442. The molecule has 0 spiro atoms. The van der Waals surface area contributed by atoms with Crippen molar-refractivity contribution in [1.82, 2.24) is 4.90 Å². The lowest BCUT2D eigenvalue weighted by atomic mass is 9.99. The summed E-state index contributed by atoms with van der Waals surface area (Å²) in [6, 6.07) is 19.5. The van der Waals surface area contributed by atoms with E-state index < -0.39 is 0 Å². The first-order valence-corrected chi connectivity index (χ1v) is 9.91. The molecule has 0 amide bonds. The van der Waals surface area contributed by atoms with Crippen LogP contribution in [0.5, 0.6) is 5.75 Å². The molecule has 3 aromatic rings. The molecule has 0 atom stereocenters. The molecule has 0 radical (unpaired) electrons. The van der Waals surface area contributed by atoms with Crippen molar-refractivity contribution < 1.29 is 9.15 Å². The molecule has 4 rings (SSSR count). The molecule has 0 saturated carbocycles. The molecule has 1 aromatic heterocycles. The summed E-state index contributed by atoms with van der Waals surface area (Å²) in [4.78, 5) is 13.8. The monoisotopic (exact) mass is 375 g/mol. The smallest absolute Gasteiger partial charge is 0.336 e. The minimum atomic E-state index is -0.337. The van der Waals surface area contributed by atoms with Crippen LogP contribution in [0, 0.1) is 0 Å². The molecule has 0 N–H and O–H groups in total. The molecule has 1 aliphatic rings. The minimum Gasteiger partial charge on any atom is -0.493 e. The zero-order chi connectivity index (χ0) is 19.2. The fourth-order valence-electron chi connectivity index (χ4n) is 3.59. The normalized spacial score (nSPS) is 14.8. The van der Waals surface area contributed by atoms with Gasteiger partial charge in [0, 0.05) is 30.6 Å². The Morgan fingerprint density at radius 1 is 1.00 bits per heavy atom. The first kappa shape index (κ1) is 18.5. The van der Waals surface area contributed by atoms with Crippen LogP contribution in [-0.2, 0) is 0 Å². The molecule has 144 valence electrons. The highest BCUT2D eigenvalue weighted by Crippen LogP contribution is 2.22. The predicted molar refractivity (Wildman–Crippen MR) is 113 cm³/mol. The Kier molecular flexibility index (Phi) is 5.88. The first-order valence-electron chi connectivity index (χ1n) is 9.91. The Balaban J connectivity index is 1.19. The van der Waals surface area contributed by atoms with Crippen molar-refractivity contribution in [2.75, 3.05) is 26.2 Å². The molecule has 4 heteroatoms. The van der Waals surface area contributed by atoms with Gasteiger partial charge in [0.05, 0.1) is 6.61 Å². The molecule has 0 saturated heterocycles. The van der Waals surface area contributed by atoms with Crippen LogP contribution in [0.4, 0.5) is 0 Å². The molecule has 2 heterocycles. The number of nitrogens with zero attached hydrogens (tertiary/aromatic N) is 1. The van der Waals surface area contributed by atoms with Crippen LogP contribution in [0.1, 0.15) is 24.8 Å². The standard InChI is InChI=1S/C24H25NO3/c26-24-11-9-21-8-10-22(18-23(21)28-24)27-17-5-4-14-25-15-12-20(13-16-25)19-6-2-1-3-7-19/h1-3,6-12,18H,4-5,13-17H2. The third-order valence-electron chi connectivity index (χ3n) is 5.17. The number of benzene rings is 2. The molecular formula is C24H25NO3. The molecular weight excluding hydrogens is 350 g/mol. The van der Waals surface area contributed by atoms with Crippen LogP contribution in [0.15, 0.2) is 76.0 Å². The summed E-state index contributed by atoms with van der Waals surface area (Å²) >= 11 is 0. The molecule has 28 heavy (non-hydrogen) atoms. The van der Waals surface area contributed by atoms with Gasteiger partial charge in [0.1, 0.15) is 11.3 Å². The third kappa shape index (κ3) is 4.70. The second kappa shape index (κ2) is 8.89. The third-order valence-corrected chi connectivity index (χ3v) is 5.17. The Labute approximate surface area is 165 Å². The maximum atomic E-state index is 11.3. The summed E-state index contributed by atoms with van der Waals surface area (Å²) in [5.74, 6) is 0.746. The van der Waals surface area contributed by atoms with Crippen molar-refractivity contribution in [3.05, 3.63) is 82.7 Å². The van der Waals surface area contributed by atoms with Gasteiger partial charge in [-0.05, 0) is 55.1 Å². The van der Waals surface area contributed by atoms with Gasteiger partial charge in [-0.1, -0.05) is 36.4 Å². The second-order valence-electron chi connectivity index (χ2n) is 7.16. The van der Waals surface area contributed by atoms with Gasteiger partial charge in [-0.25, -0.2) is 4.79 Å². The van der Waals surface area contributed by atoms with E-state index in [1.54, 1.807) is 12.1 Å². The maximum Gasteiger partial charge on any atom is 0.336 e. The van der Waals surface area contributed by atoms with Crippen molar-refractivity contribution in [2.24, 2.45) is 0 Å². The summed E-state index contributed by atoms with van der Waals surface area (Å²) in [5.41, 5.74) is 3.04. The Hall–Kier alpha value is -2.85. The van der Waals surface area contributed by atoms with Crippen molar-refractivity contribution in [2.45, 2.75) is 19.3 Å². The number of ether oxygens (including phenoxy) is 1. The van der Waals surface area contributed by atoms with Gasteiger partial charge in [0.15, 0.2) is 0 Å². The molecule has 2 aromatic carbocycles. The zero-order valence-corrected chi connectivity index (χ0v) is 16.0. The number of rotatable bonds is 7. The fraction of sp³-hybridized carbons (Fsp3) is 0.292. The van der Waals surface area contributed by atoms with E-state index in [0.717, 1.165) is 50.0 Å². The Morgan fingerprint density at radius 2 is 1.86 bits per heavy atom. The first-order chi connectivity index (χ1) is 13.8. The van der Waals surface area contributed by atoms with Crippen LogP contribution < -0.4 is 10.4 Å². The van der Waals surface area contributed by atoms with E-state index in [9.17, 15) is 4.79 Å². The van der Waals surface area contributed by atoms with Crippen molar-refractivity contribution in [3.8, 4) is 5.75 Å². The summed E-state index contributed by atoms with van der Waals surface area (Å²) in [7, 11) is 0. The van der Waals surface area contributed by atoms with E-state index in [2.05, 4.69) is 41.3 Å². The van der Waals surface area contributed by atoms with Crippen LogP contribution >= 0.6 is 0 Å². The van der Waals surface area contributed by atoms with Crippen LogP contribution in [0.25, 0.3) is 16.5 Å². The van der Waals surface area contributed by atoms with Crippen LogP contribution in [-0.4, -0.2) is 31.1 Å². The lowest BCUT2D eigenvalue weighted by Gasteiger charge is -2.26. The fourth-order valence-corrected chi connectivity index (χ4v) is 3.59. The van der Waals surface area contributed by atoms with Crippen molar-refractivity contribution >= 4 is 16.5 Å². The summed E-state index contributed by atoms with van der Waals surface area (Å²) in [5, 5.41) is 0.903. The largest absolute Gasteiger partial charge is 0.493 e. The summed E-state index contributed by atoms with van der Waals surface area (Å²) < 4.78 is 11.0. The van der Waals surface area contributed by atoms with E-state index in [0.29, 0.717) is 12.2 Å². The van der Waals surface area contributed by atoms with Crippen molar-refractivity contribution in [3.63, 3.8) is 0 Å². The van der Waals surface area contributed by atoms with Gasteiger partial charge in [-0.3, -0.25) is 4.90 Å². The average molecular weight is 375 g/mol. The van der Waals surface area contributed by atoms with Crippen molar-refractivity contribution in [1.29, 1.82) is 0 Å². The number of fused-ring (bicyclic) bond motifs is 1. The molecule has 0 bridgehead atoms.